The lowest BCUT2D eigenvalue weighted by atomic mass is 9.99. The molecule has 2 aliphatic rings. The molecule has 1 aromatic heterocycles. The van der Waals surface area contributed by atoms with E-state index >= 15 is 0 Å². The fraction of sp³-hybridized carbons (Fsp3) is 0.333. The van der Waals surface area contributed by atoms with E-state index in [1.807, 2.05) is 29.2 Å². The van der Waals surface area contributed by atoms with Gasteiger partial charge in [-0.25, -0.2) is 4.39 Å². The lowest BCUT2D eigenvalue weighted by Gasteiger charge is -2.30. The molecule has 35 heavy (non-hydrogen) atoms. The average molecular weight is 477 g/mol. The molecular weight excluding hydrogens is 447 g/mol. The number of aromatic amines is 1. The fourth-order valence-electron chi connectivity index (χ4n) is 4.69. The molecule has 8 heteroatoms. The molecule has 1 N–H and O–H groups in total. The molecule has 2 aliphatic heterocycles. The number of benzene rings is 2. The van der Waals surface area contributed by atoms with E-state index in [9.17, 15) is 14.0 Å². The largest absolute Gasteiger partial charge is 0.378 e. The molecule has 2 amide bonds. The van der Waals surface area contributed by atoms with Crippen LogP contribution in [0, 0.1) is 5.82 Å². The topological polar surface area (TPSA) is 68.9 Å². The first-order valence-corrected chi connectivity index (χ1v) is 11.9. The number of amides is 2. The molecule has 7 nitrogen and oxygen atoms in total. The monoisotopic (exact) mass is 476 g/mol. The van der Waals surface area contributed by atoms with Gasteiger partial charge in [-0.2, -0.15) is 0 Å². The highest BCUT2D eigenvalue weighted by Crippen LogP contribution is 2.27. The zero-order valence-electron chi connectivity index (χ0n) is 20.0. The van der Waals surface area contributed by atoms with Gasteiger partial charge < -0.3 is 24.4 Å². The zero-order chi connectivity index (χ0) is 24.5. The lowest BCUT2D eigenvalue weighted by Crippen LogP contribution is -2.37. The number of hydrogen-bond acceptors (Lipinski definition) is 4. The molecule has 0 aliphatic carbocycles. The minimum atomic E-state index is -0.384. The summed E-state index contributed by atoms with van der Waals surface area (Å²) in [6.07, 6.45) is 2.87. The summed E-state index contributed by atoms with van der Waals surface area (Å²) >= 11 is 0. The molecule has 5 rings (SSSR count). The van der Waals surface area contributed by atoms with Crippen LogP contribution in [0.1, 0.15) is 32.8 Å². The number of H-pyrrole nitrogens is 1. The summed E-state index contributed by atoms with van der Waals surface area (Å²) in [6, 6.07) is 12.6. The number of hydrogen-bond donors (Lipinski definition) is 1. The number of nitrogens with zero attached hydrogens (tertiary/aromatic N) is 3. The molecular formula is C27H29FN4O3. The molecule has 2 aromatic carbocycles. The van der Waals surface area contributed by atoms with Crippen LogP contribution in [0.15, 0.2) is 48.5 Å². The van der Waals surface area contributed by atoms with Crippen LogP contribution in [0.2, 0.25) is 0 Å². The number of ether oxygens (including phenoxy) is 1. The van der Waals surface area contributed by atoms with Crippen molar-refractivity contribution in [2.24, 2.45) is 0 Å². The third-order valence-corrected chi connectivity index (χ3v) is 6.61. The van der Waals surface area contributed by atoms with Crippen molar-refractivity contribution in [3.63, 3.8) is 0 Å². The summed E-state index contributed by atoms with van der Waals surface area (Å²) < 4.78 is 20.2. The van der Waals surface area contributed by atoms with E-state index in [0.29, 0.717) is 56.3 Å². The zero-order valence-corrected chi connectivity index (χ0v) is 20.0. The summed E-state index contributed by atoms with van der Waals surface area (Å²) in [5.74, 6) is -0.642. The second-order valence-corrected chi connectivity index (χ2v) is 9.19. The molecule has 1 fully saturated rings. The minimum absolute atomic E-state index is 0.0803. The van der Waals surface area contributed by atoms with Gasteiger partial charge in [-0.15, -0.1) is 0 Å². The van der Waals surface area contributed by atoms with Crippen molar-refractivity contribution >= 4 is 34.0 Å². The number of aromatic nitrogens is 1. The van der Waals surface area contributed by atoms with E-state index in [4.69, 9.17) is 4.74 Å². The summed E-state index contributed by atoms with van der Waals surface area (Å²) in [6.45, 7) is 3.46. The first-order chi connectivity index (χ1) is 16.9. The highest BCUT2D eigenvalue weighted by Gasteiger charge is 2.23. The van der Waals surface area contributed by atoms with E-state index in [-0.39, 0.29) is 17.6 Å². The van der Waals surface area contributed by atoms with Gasteiger partial charge in [0, 0.05) is 56.7 Å². The third-order valence-electron chi connectivity index (χ3n) is 6.61. The van der Waals surface area contributed by atoms with E-state index < -0.39 is 0 Å². The van der Waals surface area contributed by atoms with Gasteiger partial charge >= 0.3 is 0 Å². The Bertz CT molecular complexity index is 1310. The molecule has 182 valence electrons. The molecule has 3 heterocycles. The summed E-state index contributed by atoms with van der Waals surface area (Å²) in [7, 11) is 3.44. The van der Waals surface area contributed by atoms with Gasteiger partial charge in [-0.3, -0.25) is 9.59 Å². The maximum Gasteiger partial charge on any atom is 0.269 e. The van der Waals surface area contributed by atoms with Crippen molar-refractivity contribution < 1.29 is 18.7 Å². The number of rotatable bonds is 4. The number of fused-ring (bicyclic) bond motifs is 1. The van der Waals surface area contributed by atoms with Crippen molar-refractivity contribution in [3.8, 4) is 0 Å². The van der Waals surface area contributed by atoms with Gasteiger partial charge in [0.05, 0.1) is 18.9 Å². The van der Waals surface area contributed by atoms with Crippen molar-refractivity contribution in [1.29, 1.82) is 0 Å². The van der Waals surface area contributed by atoms with Crippen molar-refractivity contribution in [2.75, 3.05) is 58.4 Å². The van der Waals surface area contributed by atoms with Crippen molar-refractivity contribution in [1.82, 2.24) is 14.8 Å². The van der Waals surface area contributed by atoms with Crippen LogP contribution in [0.5, 0.6) is 0 Å². The highest BCUT2D eigenvalue weighted by atomic mass is 19.1. The van der Waals surface area contributed by atoms with Crippen LogP contribution in [0.25, 0.3) is 16.5 Å². The Labute approximate surface area is 203 Å². The molecule has 3 aromatic rings. The van der Waals surface area contributed by atoms with Crippen LogP contribution in [-0.4, -0.2) is 80.1 Å². The highest BCUT2D eigenvalue weighted by molar-refractivity contribution is 5.99. The molecule has 0 bridgehead atoms. The van der Waals surface area contributed by atoms with E-state index in [2.05, 4.69) is 11.1 Å². The van der Waals surface area contributed by atoms with Gasteiger partial charge in [0.1, 0.15) is 11.5 Å². The van der Waals surface area contributed by atoms with Gasteiger partial charge in [-0.1, -0.05) is 18.2 Å². The standard InChI is InChI=1S/C27H29FN4O3/c1-30(2)27(34)24-16-19-6-5-18(15-23(19)29-24)21-4-3-9-32(17-21)26(33)20-7-8-25(22(28)14-20)31-10-12-35-13-11-31/h4-8,14-16,29H,3,9-13,17H2,1-2H3. The van der Waals surface area contributed by atoms with E-state index in [1.165, 1.54) is 11.0 Å². The molecule has 1 saturated heterocycles. The number of anilines is 1. The number of carbonyl (C=O) groups is 2. The smallest absolute Gasteiger partial charge is 0.269 e. The van der Waals surface area contributed by atoms with Gasteiger partial charge in [0.25, 0.3) is 11.8 Å². The maximum atomic E-state index is 14.9. The number of halogens is 1. The second kappa shape index (κ2) is 9.54. The second-order valence-electron chi connectivity index (χ2n) is 9.19. The van der Waals surface area contributed by atoms with Crippen LogP contribution >= 0.6 is 0 Å². The van der Waals surface area contributed by atoms with Gasteiger partial charge in [-0.05, 0) is 47.9 Å². The van der Waals surface area contributed by atoms with Crippen LogP contribution < -0.4 is 4.90 Å². The third kappa shape index (κ3) is 4.66. The minimum Gasteiger partial charge on any atom is -0.378 e. The Hall–Kier alpha value is -3.65. The van der Waals surface area contributed by atoms with Crippen LogP contribution in [0.4, 0.5) is 10.1 Å². The maximum absolute atomic E-state index is 14.9. The fourth-order valence-corrected chi connectivity index (χ4v) is 4.69. The van der Waals surface area contributed by atoms with Crippen molar-refractivity contribution in [3.05, 3.63) is 71.2 Å². The number of morpholine rings is 1. The van der Waals surface area contributed by atoms with Crippen LogP contribution in [-0.2, 0) is 4.74 Å². The number of nitrogens with one attached hydrogen (secondary N) is 1. The average Bonchev–Trinajstić information content (AvgIpc) is 3.31. The Morgan fingerprint density at radius 3 is 2.57 bits per heavy atom. The van der Waals surface area contributed by atoms with Gasteiger partial charge in [0.2, 0.25) is 0 Å². The lowest BCUT2D eigenvalue weighted by molar-refractivity contribution is 0.0773. The summed E-state index contributed by atoms with van der Waals surface area (Å²) in [4.78, 5) is 34.0. The van der Waals surface area contributed by atoms with Gasteiger partial charge in [0.15, 0.2) is 0 Å². The Kier molecular flexibility index (Phi) is 6.30. The first kappa shape index (κ1) is 23.1. The quantitative estimate of drug-likeness (QED) is 0.623. The molecule has 0 spiro atoms. The van der Waals surface area contributed by atoms with E-state index in [1.54, 1.807) is 31.1 Å². The normalized spacial score (nSPS) is 16.4. The van der Waals surface area contributed by atoms with E-state index in [0.717, 1.165) is 28.5 Å². The predicted molar refractivity (Wildman–Crippen MR) is 134 cm³/mol. The molecule has 0 radical (unpaired) electrons. The summed E-state index contributed by atoms with van der Waals surface area (Å²) in [5.41, 5.74) is 4.31. The molecule has 0 unspecified atom stereocenters. The Morgan fingerprint density at radius 2 is 1.83 bits per heavy atom. The Morgan fingerprint density at radius 1 is 1.03 bits per heavy atom. The molecule has 0 saturated carbocycles. The molecule has 0 atom stereocenters. The number of carbonyl (C=O) groups excluding carboxylic acids is 2. The van der Waals surface area contributed by atoms with Crippen molar-refractivity contribution in [2.45, 2.75) is 6.42 Å². The van der Waals surface area contributed by atoms with Crippen LogP contribution in [0.3, 0.4) is 0 Å². The Balaban J connectivity index is 1.32. The SMILES string of the molecule is CN(C)C(=O)c1cc2ccc(C3=CCCN(C(=O)c4ccc(N5CCOCC5)c(F)c4)C3)cc2[nH]1. The predicted octanol–water partition coefficient (Wildman–Crippen LogP) is 3.77. The summed E-state index contributed by atoms with van der Waals surface area (Å²) in [5, 5.41) is 0.958. The first-order valence-electron chi connectivity index (χ1n) is 11.9.